The van der Waals surface area contributed by atoms with Crippen LogP contribution in [0.15, 0.2) is 24.3 Å². The molecule has 1 spiro atoms. The fourth-order valence-electron chi connectivity index (χ4n) is 8.78. The van der Waals surface area contributed by atoms with Crippen LogP contribution in [0, 0.1) is 23.2 Å². The molecule has 182 valence electrons. The first-order valence-corrected chi connectivity index (χ1v) is 13.3. The van der Waals surface area contributed by atoms with E-state index >= 15 is 0 Å². The number of carbonyl (C=O) groups excluding carboxylic acids is 1. The smallest absolute Gasteiger partial charge is 0.331 e. The lowest BCUT2D eigenvalue weighted by molar-refractivity contribution is -0.273. The summed E-state index contributed by atoms with van der Waals surface area (Å²) in [6.45, 7) is 3.99. The van der Waals surface area contributed by atoms with Gasteiger partial charge >= 0.3 is 5.97 Å². The van der Waals surface area contributed by atoms with E-state index in [1.54, 1.807) is 6.08 Å². The molecule has 0 aromatic rings. The number of aliphatic hydroxyl groups excluding tert-OH is 1. The molecule has 2 heterocycles. The van der Waals surface area contributed by atoms with Gasteiger partial charge in [-0.2, -0.15) is 0 Å². The first-order chi connectivity index (χ1) is 16.0. The summed E-state index contributed by atoms with van der Waals surface area (Å²) in [5.74, 6) is 1.04. The zero-order valence-electron chi connectivity index (χ0n) is 19.8. The van der Waals surface area contributed by atoms with Crippen LogP contribution >= 0.6 is 0 Å². The Morgan fingerprint density at radius 3 is 2.79 bits per heavy atom. The second-order valence-electron chi connectivity index (χ2n) is 11.6. The van der Waals surface area contributed by atoms with Crippen LogP contribution in [0.2, 0.25) is 0 Å². The number of carbonyl (C=O) groups is 1. The Hall–Kier alpha value is -1.21. The molecule has 0 aromatic heterocycles. The maximum atomic E-state index is 12.5. The van der Waals surface area contributed by atoms with Gasteiger partial charge in [-0.1, -0.05) is 24.6 Å². The molecule has 9 atom stereocenters. The van der Waals surface area contributed by atoms with Crippen molar-refractivity contribution in [3.63, 3.8) is 0 Å². The van der Waals surface area contributed by atoms with Gasteiger partial charge in [-0.15, -0.1) is 0 Å². The van der Waals surface area contributed by atoms with E-state index < -0.39 is 17.1 Å². The number of allylic oxidation sites excluding steroid dienone is 3. The number of ether oxygens (including phenoxy) is 2. The minimum atomic E-state index is -0.827. The van der Waals surface area contributed by atoms with Gasteiger partial charge in [-0.3, -0.25) is 4.90 Å². The molecular weight excluding hydrogens is 418 g/mol. The molecule has 6 aliphatic rings. The molecule has 2 N–H and O–H groups in total. The third kappa shape index (κ3) is 3.17. The van der Waals surface area contributed by atoms with Gasteiger partial charge in [0.2, 0.25) is 0 Å². The van der Waals surface area contributed by atoms with Crippen LogP contribution < -0.4 is 0 Å². The largest absolute Gasteiger partial charge is 0.456 e. The molecule has 0 radical (unpaired) electrons. The van der Waals surface area contributed by atoms with E-state index in [2.05, 4.69) is 4.90 Å². The Balaban J connectivity index is 1.31. The van der Waals surface area contributed by atoms with Crippen molar-refractivity contribution in [1.82, 2.24) is 4.90 Å². The number of hydrogen-bond donors (Lipinski definition) is 2. The number of esters is 1. The van der Waals surface area contributed by atoms with Crippen LogP contribution in [0.3, 0.4) is 0 Å². The number of likely N-dealkylation sites (tertiary alicyclic amines) is 1. The molecule has 6 fully saturated rings. The van der Waals surface area contributed by atoms with Gasteiger partial charge < -0.3 is 19.7 Å². The predicted octanol–water partition coefficient (Wildman–Crippen LogP) is 2.97. The Morgan fingerprint density at radius 2 is 2.03 bits per heavy atom. The normalized spacial score (nSPS) is 49.2. The molecule has 4 saturated carbocycles. The Labute approximate surface area is 197 Å². The minimum Gasteiger partial charge on any atom is -0.456 e. The fourth-order valence-corrected chi connectivity index (χ4v) is 8.78. The second-order valence-corrected chi connectivity index (χ2v) is 11.6. The van der Waals surface area contributed by atoms with E-state index in [9.17, 15) is 15.0 Å². The highest BCUT2D eigenvalue weighted by Gasteiger charge is 2.77. The lowest BCUT2D eigenvalue weighted by Crippen LogP contribution is -2.78. The SMILES string of the molecule is C/C=C/C=C/C(=O)OC1CCC2C[C@H]3N(CC4CCC4)CC[C@]45C2C1O[C@H]4[C@@H](O)CC[C@@]35O. The lowest BCUT2D eigenvalue weighted by Gasteiger charge is -2.68. The molecule has 2 aliphatic heterocycles. The van der Waals surface area contributed by atoms with Crippen molar-refractivity contribution in [2.75, 3.05) is 13.1 Å². The lowest BCUT2D eigenvalue weighted by atomic mass is 9.42. The van der Waals surface area contributed by atoms with Crippen molar-refractivity contribution in [3.8, 4) is 0 Å². The molecule has 6 rings (SSSR count). The van der Waals surface area contributed by atoms with Crippen LogP contribution in [0.1, 0.15) is 64.7 Å². The molecule has 2 bridgehead atoms. The first-order valence-electron chi connectivity index (χ1n) is 13.3. The van der Waals surface area contributed by atoms with Gasteiger partial charge in [0, 0.05) is 30.0 Å². The zero-order valence-corrected chi connectivity index (χ0v) is 19.8. The van der Waals surface area contributed by atoms with E-state index in [0.717, 1.165) is 44.7 Å². The minimum absolute atomic E-state index is 0.149. The van der Waals surface area contributed by atoms with Gasteiger partial charge in [-0.05, 0) is 76.7 Å². The van der Waals surface area contributed by atoms with Crippen molar-refractivity contribution in [3.05, 3.63) is 24.3 Å². The molecule has 0 amide bonds. The average molecular weight is 458 g/mol. The quantitative estimate of drug-likeness (QED) is 0.375. The first kappa shape index (κ1) is 22.3. The number of nitrogens with zero attached hydrogens (tertiary/aromatic N) is 1. The van der Waals surface area contributed by atoms with E-state index in [0.29, 0.717) is 18.8 Å². The van der Waals surface area contributed by atoms with Gasteiger partial charge in [0.05, 0.1) is 23.9 Å². The van der Waals surface area contributed by atoms with Crippen molar-refractivity contribution in [2.45, 2.75) is 101 Å². The van der Waals surface area contributed by atoms with Crippen LogP contribution in [-0.4, -0.2) is 70.2 Å². The van der Waals surface area contributed by atoms with Crippen molar-refractivity contribution in [1.29, 1.82) is 0 Å². The summed E-state index contributed by atoms with van der Waals surface area (Å²) < 4.78 is 12.6. The molecular formula is C27H39NO5. The average Bonchev–Trinajstić information content (AvgIpc) is 3.12. The summed E-state index contributed by atoms with van der Waals surface area (Å²) in [7, 11) is 0. The van der Waals surface area contributed by atoms with Gasteiger partial charge in [0.1, 0.15) is 6.10 Å². The van der Waals surface area contributed by atoms with Crippen molar-refractivity contribution >= 4 is 5.97 Å². The zero-order chi connectivity index (χ0) is 22.8. The van der Waals surface area contributed by atoms with Gasteiger partial charge in [-0.25, -0.2) is 4.79 Å². The third-order valence-electron chi connectivity index (χ3n) is 10.3. The van der Waals surface area contributed by atoms with Crippen LogP contribution in [-0.2, 0) is 14.3 Å². The fraction of sp³-hybridized carbons (Fsp3) is 0.815. The van der Waals surface area contributed by atoms with E-state index in [1.165, 1.54) is 25.3 Å². The molecule has 4 unspecified atom stereocenters. The third-order valence-corrected chi connectivity index (χ3v) is 10.3. The topological polar surface area (TPSA) is 79.2 Å². The van der Waals surface area contributed by atoms with Crippen LogP contribution in [0.5, 0.6) is 0 Å². The molecule has 6 heteroatoms. The van der Waals surface area contributed by atoms with Crippen molar-refractivity contribution in [2.24, 2.45) is 23.2 Å². The highest BCUT2D eigenvalue weighted by atomic mass is 16.6. The number of aliphatic hydroxyl groups is 2. The van der Waals surface area contributed by atoms with E-state index in [-0.39, 0.29) is 36.2 Å². The maximum absolute atomic E-state index is 12.5. The molecule has 2 saturated heterocycles. The summed E-state index contributed by atoms with van der Waals surface area (Å²) in [4.78, 5) is 15.1. The Bertz CT molecular complexity index is 838. The molecule has 33 heavy (non-hydrogen) atoms. The Kier molecular flexibility index (Phi) is 5.52. The maximum Gasteiger partial charge on any atom is 0.331 e. The summed E-state index contributed by atoms with van der Waals surface area (Å²) in [6.07, 6.45) is 14.3. The summed E-state index contributed by atoms with van der Waals surface area (Å²) >= 11 is 0. The monoisotopic (exact) mass is 457 g/mol. The molecule has 0 aromatic carbocycles. The summed E-state index contributed by atoms with van der Waals surface area (Å²) in [5, 5.41) is 23.5. The van der Waals surface area contributed by atoms with E-state index in [1.807, 2.05) is 19.1 Å². The van der Waals surface area contributed by atoms with Crippen LogP contribution in [0.25, 0.3) is 0 Å². The van der Waals surface area contributed by atoms with Crippen LogP contribution in [0.4, 0.5) is 0 Å². The number of hydrogen-bond acceptors (Lipinski definition) is 6. The highest BCUT2D eigenvalue weighted by Crippen LogP contribution is 2.69. The summed E-state index contributed by atoms with van der Waals surface area (Å²) in [6, 6.07) is 0.160. The predicted molar refractivity (Wildman–Crippen MR) is 123 cm³/mol. The number of rotatable bonds is 5. The van der Waals surface area contributed by atoms with Crippen molar-refractivity contribution < 1.29 is 24.5 Å². The second kappa shape index (κ2) is 8.18. The molecule has 4 aliphatic carbocycles. The van der Waals surface area contributed by atoms with E-state index in [4.69, 9.17) is 9.47 Å². The highest BCUT2D eigenvalue weighted by molar-refractivity contribution is 5.82. The molecule has 6 nitrogen and oxygen atoms in total. The number of piperidine rings is 1. The standard InChI is InChI=1S/C27H39NO5/c1-2-3-4-8-22(30)32-20-10-9-18-15-21-27(31)12-11-19(29)25-26(27,23(18)24(20)33-25)13-14-28(21)16-17-6-5-7-17/h2-4,8,17-21,23-25,29,31H,5-7,9-16H2,1H3/b3-2+,8-4+/t18?,19-,20?,21+,23?,24?,25-,26-,27+/m0/s1. The summed E-state index contributed by atoms with van der Waals surface area (Å²) in [5.41, 5.74) is -1.25. The Morgan fingerprint density at radius 1 is 1.18 bits per heavy atom. The van der Waals surface area contributed by atoms with Gasteiger partial charge in [0.15, 0.2) is 0 Å². The van der Waals surface area contributed by atoms with Gasteiger partial charge in [0.25, 0.3) is 0 Å².